The molecule has 3 saturated heterocycles. The van der Waals surface area contributed by atoms with Crippen LogP contribution in [0.15, 0.2) is 60.9 Å². The topological polar surface area (TPSA) is 198 Å². The number of rotatable bonds is 12. The van der Waals surface area contributed by atoms with E-state index in [9.17, 15) is 19.2 Å². The summed E-state index contributed by atoms with van der Waals surface area (Å²) in [4.78, 5) is 75.2. The maximum Gasteiger partial charge on any atom is 0.407 e. The Morgan fingerprint density at radius 2 is 1.53 bits per heavy atom. The normalized spacial score (nSPS) is 21.2. The van der Waals surface area contributed by atoms with Crippen molar-refractivity contribution in [3.63, 3.8) is 0 Å². The van der Waals surface area contributed by atoms with E-state index in [1.54, 1.807) is 33.5 Å². The first-order valence-corrected chi connectivity index (χ1v) is 25.8. The second-order valence-corrected chi connectivity index (χ2v) is 21.4. The monoisotopic (exact) mass is 1000 g/mol. The summed E-state index contributed by atoms with van der Waals surface area (Å²) in [6.45, 7) is 11.4. The van der Waals surface area contributed by atoms with Crippen LogP contribution in [0, 0.1) is 17.7 Å². The SMILES string of the molecule is CCc1ccc([C@@H]2Oc3cc(-c4cnc([C@@H]5CCCN5C(=O)[C@@H](NC(=O)OC)[C@@H]5CCOC(C)(C)C5)[nH]4)cc(F)c3-c3cc4cc(-c5cnc([C@@H]6CCCN6C(=O)[C@@H](NC(=O)OC)C(C)C)[nH]5)ccc4n32)s1. The van der Waals surface area contributed by atoms with Crippen LogP contribution >= 0.6 is 11.3 Å². The Kier molecular flexibility index (Phi) is 13.4. The predicted octanol–water partition coefficient (Wildman–Crippen LogP) is 9.43. The van der Waals surface area contributed by atoms with Crippen molar-refractivity contribution in [2.45, 2.75) is 116 Å². The number of aryl methyl sites for hydroxylation is 1. The molecule has 8 heterocycles. The number of amides is 4. The van der Waals surface area contributed by atoms with Crippen molar-refractivity contribution in [2.75, 3.05) is 33.9 Å². The molecule has 4 aromatic heterocycles. The van der Waals surface area contributed by atoms with Gasteiger partial charge in [0.25, 0.3) is 0 Å². The Hall–Kier alpha value is -6.73. The average Bonchev–Trinajstić information content (AvgIpc) is 4.23. The number of halogens is 1. The third-order valence-corrected chi connectivity index (χ3v) is 16.0. The first kappa shape index (κ1) is 48.9. The van der Waals surface area contributed by atoms with Crippen molar-refractivity contribution in [2.24, 2.45) is 11.8 Å². The molecule has 3 fully saturated rings. The van der Waals surface area contributed by atoms with E-state index in [2.05, 4.69) is 50.3 Å². The molecule has 4 N–H and O–H groups in total. The minimum absolute atomic E-state index is 0.152. The number of imidazole rings is 2. The Bertz CT molecular complexity index is 3030. The zero-order valence-corrected chi connectivity index (χ0v) is 42.5. The summed E-state index contributed by atoms with van der Waals surface area (Å²) in [5.74, 6) is 0.467. The van der Waals surface area contributed by atoms with Crippen molar-refractivity contribution in [1.82, 2.24) is 44.9 Å². The van der Waals surface area contributed by atoms with Gasteiger partial charge in [0.15, 0.2) is 0 Å². The number of methoxy groups -OCH3 is 2. The number of ether oxygens (including phenoxy) is 4. The lowest BCUT2D eigenvalue weighted by atomic mass is 9.82. The predicted molar refractivity (Wildman–Crippen MR) is 269 cm³/mol. The number of thiophene rings is 1. The number of carbonyl (C=O) groups is 4. The van der Waals surface area contributed by atoms with Crippen molar-refractivity contribution in [1.29, 1.82) is 0 Å². The van der Waals surface area contributed by atoms with Crippen LogP contribution in [-0.4, -0.2) is 110 Å². The number of aromatic amines is 2. The molecule has 17 nitrogen and oxygen atoms in total. The molecule has 0 aliphatic carbocycles. The number of hydrogen-bond acceptors (Lipinski definition) is 11. The third-order valence-electron chi connectivity index (χ3n) is 14.7. The molecule has 0 spiro atoms. The lowest BCUT2D eigenvalue weighted by Crippen LogP contribution is -2.54. The lowest BCUT2D eigenvalue weighted by molar-refractivity contribution is -0.139. The number of alkyl carbamates (subject to hydrolysis) is 2. The molecule has 4 amide bonds. The highest BCUT2D eigenvalue weighted by molar-refractivity contribution is 7.12. The summed E-state index contributed by atoms with van der Waals surface area (Å²) in [6, 6.07) is 13.4. The van der Waals surface area contributed by atoms with Crippen LogP contribution in [0.1, 0.15) is 113 Å². The van der Waals surface area contributed by atoms with Crippen LogP contribution in [0.4, 0.5) is 14.0 Å². The molecule has 2 aromatic carbocycles. The van der Waals surface area contributed by atoms with Gasteiger partial charge >= 0.3 is 12.2 Å². The summed E-state index contributed by atoms with van der Waals surface area (Å²) < 4.78 is 41.6. The van der Waals surface area contributed by atoms with E-state index < -0.39 is 41.9 Å². The van der Waals surface area contributed by atoms with Gasteiger partial charge in [-0.15, -0.1) is 11.3 Å². The average molecular weight is 1000 g/mol. The highest BCUT2D eigenvalue weighted by atomic mass is 32.1. The zero-order chi connectivity index (χ0) is 50.6. The molecule has 0 bridgehead atoms. The quantitative estimate of drug-likeness (QED) is 0.0916. The van der Waals surface area contributed by atoms with E-state index in [-0.39, 0.29) is 35.7 Å². The Labute approximate surface area is 421 Å². The van der Waals surface area contributed by atoms with Gasteiger partial charge in [-0.25, -0.2) is 23.9 Å². The summed E-state index contributed by atoms with van der Waals surface area (Å²) in [5.41, 5.74) is 4.17. The van der Waals surface area contributed by atoms with Gasteiger partial charge in [0.1, 0.15) is 35.3 Å². The number of carbonyl (C=O) groups excluding carboxylic acids is 4. The number of H-pyrrole nitrogens is 2. The maximum atomic E-state index is 17.0. The number of likely N-dealkylation sites (tertiary alicyclic amines) is 2. The summed E-state index contributed by atoms with van der Waals surface area (Å²) in [7, 11) is 2.57. The van der Waals surface area contributed by atoms with Crippen LogP contribution in [-0.2, 0) is 30.2 Å². The Morgan fingerprint density at radius 3 is 2.17 bits per heavy atom. The molecule has 0 radical (unpaired) electrons. The Balaban J connectivity index is 0.946. The molecule has 0 saturated carbocycles. The number of hydrogen-bond donors (Lipinski definition) is 4. The fraction of sp³-hybridized carbons (Fsp3) is 0.472. The summed E-state index contributed by atoms with van der Waals surface area (Å²) in [6.07, 6.45) is 6.54. The first-order chi connectivity index (χ1) is 34.6. The van der Waals surface area contributed by atoms with Gasteiger partial charge in [-0.05, 0) is 113 Å². The highest BCUT2D eigenvalue weighted by Crippen LogP contribution is 2.48. The van der Waals surface area contributed by atoms with Crippen molar-refractivity contribution >= 4 is 46.2 Å². The smallest absolute Gasteiger partial charge is 0.407 e. The molecular formula is C53H62FN9O8S. The Morgan fingerprint density at radius 1 is 0.861 bits per heavy atom. The number of nitrogens with one attached hydrogen (secondary N) is 4. The van der Waals surface area contributed by atoms with Gasteiger partial charge in [0.2, 0.25) is 18.0 Å². The second-order valence-electron chi connectivity index (χ2n) is 20.2. The van der Waals surface area contributed by atoms with Crippen LogP contribution in [0.3, 0.4) is 0 Å². The number of aromatic nitrogens is 5. The van der Waals surface area contributed by atoms with Crippen LogP contribution in [0.5, 0.6) is 5.75 Å². The van der Waals surface area contributed by atoms with Gasteiger partial charge in [-0.1, -0.05) is 26.8 Å². The van der Waals surface area contributed by atoms with Crippen molar-refractivity contribution in [3.05, 3.63) is 88.1 Å². The molecule has 4 aliphatic heterocycles. The molecule has 4 aliphatic rings. The fourth-order valence-corrected chi connectivity index (χ4v) is 12.1. The summed E-state index contributed by atoms with van der Waals surface area (Å²) >= 11 is 1.66. The lowest BCUT2D eigenvalue weighted by Gasteiger charge is -2.40. The fourth-order valence-electron chi connectivity index (χ4n) is 11.1. The van der Waals surface area contributed by atoms with E-state index in [0.29, 0.717) is 78.9 Å². The standard InChI is InChI=1S/C53H62FN9O8S/c1-8-33-14-16-42(72-33)50-63-37-15-13-29(35-26-55-46(57-35)38-11-9-18-61(38)48(64)44(28(2)3)59-51(66)68-6)21-32(37)23-40(63)43-34(54)22-31(24-41(43)71-50)36-27-56-47(58-36)39-12-10-19-62(39)49(65)45(60-52(67)69-7)30-17-20-70-53(4,5)25-30/h13-16,21-24,26-28,30,38-39,44-45,50H,8-12,17-20,25H2,1-7H3,(H,55,57)(H,56,58)(H,59,66)(H,60,67)/t30-,38+,39+,44+,45+,50+/m1/s1. The molecule has 6 atom stereocenters. The maximum absolute atomic E-state index is 17.0. The molecule has 72 heavy (non-hydrogen) atoms. The van der Waals surface area contributed by atoms with Gasteiger partial charge < -0.3 is 49.3 Å². The van der Waals surface area contributed by atoms with E-state index in [1.807, 2.05) is 52.0 Å². The van der Waals surface area contributed by atoms with E-state index >= 15 is 4.39 Å². The van der Waals surface area contributed by atoms with Crippen LogP contribution in [0.25, 0.3) is 44.7 Å². The third kappa shape index (κ3) is 9.20. The summed E-state index contributed by atoms with van der Waals surface area (Å²) in [5, 5.41) is 6.42. The molecule has 6 aromatic rings. The van der Waals surface area contributed by atoms with Crippen LogP contribution < -0.4 is 15.4 Å². The van der Waals surface area contributed by atoms with E-state index in [4.69, 9.17) is 28.9 Å². The number of fused-ring (bicyclic) bond motifs is 5. The van der Waals surface area contributed by atoms with E-state index in [1.165, 1.54) is 25.2 Å². The van der Waals surface area contributed by atoms with Crippen molar-refractivity contribution in [3.8, 4) is 39.5 Å². The van der Waals surface area contributed by atoms with Gasteiger partial charge in [-0.3, -0.25) is 14.2 Å². The largest absolute Gasteiger partial charge is 0.464 e. The van der Waals surface area contributed by atoms with Gasteiger partial charge in [-0.2, -0.15) is 0 Å². The molecule has 0 unspecified atom stereocenters. The number of nitrogens with zero attached hydrogens (tertiary/aromatic N) is 5. The molecule has 19 heteroatoms. The van der Waals surface area contributed by atoms with Crippen molar-refractivity contribution < 1.29 is 42.5 Å². The molecule has 380 valence electrons. The minimum atomic E-state index is -0.803. The second kappa shape index (κ2) is 19.7. The van der Waals surface area contributed by atoms with Crippen LogP contribution in [0.2, 0.25) is 0 Å². The highest BCUT2D eigenvalue weighted by Gasteiger charge is 2.43. The molecule has 10 rings (SSSR count). The van der Waals surface area contributed by atoms with Gasteiger partial charge in [0, 0.05) is 41.1 Å². The minimum Gasteiger partial charge on any atom is -0.464 e. The number of benzene rings is 2. The first-order valence-electron chi connectivity index (χ1n) is 24.9. The molecular weight excluding hydrogens is 942 g/mol. The zero-order valence-electron chi connectivity index (χ0n) is 41.7. The van der Waals surface area contributed by atoms with Gasteiger partial charge in [0.05, 0.1) is 77.3 Å². The van der Waals surface area contributed by atoms with E-state index in [0.717, 1.165) is 52.7 Å².